The minimum absolute atomic E-state index is 0.507. The van der Waals surface area contributed by atoms with Crippen LogP contribution in [0.15, 0.2) is 42.6 Å². The van der Waals surface area contributed by atoms with Crippen LogP contribution in [-0.4, -0.2) is 25.6 Å². The number of aromatic nitrogens is 5. The van der Waals surface area contributed by atoms with Gasteiger partial charge in [-0.05, 0) is 29.0 Å². The number of benzene rings is 1. The molecule has 0 aliphatic heterocycles. The van der Waals surface area contributed by atoms with E-state index in [1.165, 1.54) is 0 Å². The fourth-order valence-corrected chi connectivity index (χ4v) is 1.70. The summed E-state index contributed by atoms with van der Waals surface area (Å²) in [7, 11) is 0. The van der Waals surface area contributed by atoms with Crippen LogP contribution in [0.1, 0.15) is 0 Å². The summed E-state index contributed by atoms with van der Waals surface area (Å²) in [5, 5.41) is 13.9. The fraction of sp³-hybridized carbons (Fsp3) is 0. The van der Waals surface area contributed by atoms with Crippen molar-refractivity contribution in [2.45, 2.75) is 0 Å². The van der Waals surface area contributed by atoms with Crippen LogP contribution in [0.3, 0.4) is 0 Å². The van der Waals surface area contributed by atoms with E-state index in [0.717, 1.165) is 16.7 Å². The zero-order valence-electron chi connectivity index (χ0n) is 9.41. The number of tetrazole rings is 1. The monoisotopic (exact) mass is 238 g/mol. The summed E-state index contributed by atoms with van der Waals surface area (Å²) in [5.41, 5.74) is 8.50. The van der Waals surface area contributed by atoms with Crippen molar-refractivity contribution in [2.75, 3.05) is 5.73 Å². The minimum atomic E-state index is 0.507. The Balaban J connectivity index is 2.03. The second kappa shape index (κ2) is 4.25. The third-order valence-electron chi connectivity index (χ3n) is 2.59. The molecule has 0 spiro atoms. The van der Waals surface area contributed by atoms with Gasteiger partial charge in [-0.25, -0.2) is 4.98 Å². The summed E-state index contributed by atoms with van der Waals surface area (Å²) < 4.78 is 0. The summed E-state index contributed by atoms with van der Waals surface area (Å²) >= 11 is 0. The van der Waals surface area contributed by atoms with Gasteiger partial charge in [0.2, 0.25) is 5.82 Å². The number of hydrogen-bond acceptors (Lipinski definition) is 5. The molecule has 0 aliphatic rings. The number of rotatable bonds is 2. The van der Waals surface area contributed by atoms with E-state index in [2.05, 4.69) is 25.6 Å². The van der Waals surface area contributed by atoms with Gasteiger partial charge in [-0.2, -0.15) is 5.21 Å². The first kappa shape index (κ1) is 10.4. The highest BCUT2D eigenvalue weighted by Crippen LogP contribution is 2.23. The van der Waals surface area contributed by atoms with Crippen LogP contribution in [0.4, 0.5) is 5.82 Å². The average Bonchev–Trinajstić information content (AvgIpc) is 2.94. The predicted molar refractivity (Wildman–Crippen MR) is 67.3 cm³/mol. The molecule has 0 fully saturated rings. The van der Waals surface area contributed by atoms with Crippen LogP contribution >= 0.6 is 0 Å². The van der Waals surface area contributed by atoms with Crippen molar-refractivity contribution in [1.82, 2.24) is 25.6 Å². The highest BCUT2D eigenvalue weighted by Gasteiger charge is 2.05. The highest BCUT2D eigenvalue weighted by atomic mass is 15.5. The lowest BCUT2D eigenvalue weighted by Gasteiger charge is -2.03. The normalized spacial score (nSPS) is 10.4. The maximum absolute atomic E-state index is 5.57. The Labute approximate surface area is 103 Å². The number of anilines is 1. The predicted octanol–water partition coefficient (Wildman–Crippen LogP) is 1.51. The van der Waals surface area contributed by atoms with E-state index in [9.17, 15) is 0 Å². The summed E-state index contributed by atoms with van der Waals surface area (Å²) in [6.45, 7) is 0. The first-order valence-electron chi connectivity index (χ1n) is 5.39. The highest BCUT2D eigenvalue weighted by molar-refractivity contribution is 5.69. The largest absolute Gasteiger partial charge is 0.384 e. The molecule has 0 bridgehead atoms. The van der Waals surface area contributed by atoms with Crippen molar-refractivity contribution in [1.29, 1.82) is 0 Å². The summed E-state index contributed by atoms with van der Waals surface area (Å²) in [6, 6.07) is 11.6. The van der Waals surface area contributed by atoms with Gasteiger partial charge < -0.3 is 5.73 Å². The molecule has 2 heterocycles. The Morgan fingerprint density at radius 2 is 1.89 bits per heavy atom. The van der Waals surface area contributed by atoms with E-state index in [1.54, 1.807) is 12.3 Å². The van der Waals surface area contributed by atoms with Crippen molar-refractivity contribution in [3.63, 3.8) is 0 Å². The zero-order valence-corrected chi connectivity index (χ0v) is 9.41. The zero-order chi connectivity index (χ0) is 12.4. The lowest BCUT2D eigenvalue weighted by molar-refractivity contribution is 0.881. The van der Waals surface area contributed by atoms with Crippen molar-refractivity contribution in [3.05, 3.63) is 42.6 Å². The third kappa shape index (κ3) is 1.91. The molecule has 2 aromatic heterocycles. The quantitative estimate of drug-likeness (QED) is 0.705. The van der Waals surface area contributed by atoms with Crippen molar-refractivity contribution in [3.8, 4) is 22.5 Å². The van der Waals surface area contributed by atoms with Crippen LogP contribution in [-0.2, 0) is 0 Å². The molecule has 0 radical (unpaired) electrons. The smallest absolute Gasteiger partial charge is 0.204 e. The van der Waals surface area contributed by atoms with Gasteiger partial charge in [0.05, 0.1) is 0 Å². The molecule has 0 saturated heterocycles. The van der Waals surface area contributed by atoms with E-state index in [-0.39, 0.29) is 0 Å². The Morgan fingerprint density at radius 1 is 1.00 bits per heavy atom. The molecular formula is C12H10N6. The lowest BCUT2D eigenvalue weighted by atomic mass is 10.0. The van der Waals surface area contributed by atoms with Crippen LogP contribution in [0.5, 0.6) is 0 Å². The molecular weight excluding hydrogens is 228 g/mol. The molecule has 6 nitrogen and oxygen atoms in total. The van der Waals surface area contributed by atoms with E-state index < -0.39 is 0 Å². The van der Waals surface area contributed by atoms with E-state index in [1.807, 2.05) is 30.3 Å². The maximum atomic E-state index is 5.57. The molecule has 0 amide bonds. The molecule has 3 aromatic rings. The van der Waals surface area contributed by atoms with Crippen LogP contribution in [0.25, 0.3) is 22.5 Å². The molecule has 18 heavy (non-hydrogen) atoms. The number of nitrogen functional groups attached to an aromatic ring is 1. The van der Waals surface area contributed by atoms with Gasteiger partial charge in [0.15, 0.2) is 0 Å². The SMILES string of the molecule is Nc1ccc(-c2cccc(-c3nn[nH]n3)c2)cn1. The van der Waals surface area contributed by atoms with Gasteiger partial charge in [0, 0.05) is 17.3 Å². The van der Waals surface area contributed by atoms with Crippen molar-refractivity contribution < 1.29 is 0 Å². The Hall–Kier alpha value is -2.76. The molecule has 3 rings (SSSR count). The van der Waals surface area contributed by atoms with E-state index >= 15 is 0 Å². The number of pyridine rings is 1. The van der Waals surface area contributed by atoms with Crippen LogP contribution in [0, 0.1) is 0 Å². The van der Waals surface area contributed by atoms with E-state index in [4.69, 9.17) is 5.73 Å². The van der Waals surface area contributed by atoms with Gasteiger partial charge >= 0.3 is 0 Å². The first-order valence-corrected chi connectivity index (χ1v) is 5.39. The first-order chi connectivity index (χ1) is 8.83. The Bertz CT molecular complexity index is 645. The molecule has 88 valence electrons. The average molecular weight is 238 g/mol. The van der Waals surface area contributed by atoms with Gasteiger partial charge in [0.25, 0.3) is 0 Å². The third-order valence-corrected chi connectivity index (χ3v) is 2.59. The Kier molecular flexibility index (Phi) is 2.45. The minimum Gasteiger partial charge on any atom is -0.384 e. The number of hydrogen-bond donors (Lipinski definition) is 2. The summed E-state index contributed by atoms with van der Waals surface area (Å²) in [5.74, 6) is 1.08. The van der Waals surface area contributed by atoms with Crippen LogP contribution < -0.4 is 5.73 Å². The van der Waals surface area contributed by atoms with Crippen molar-refractivity contribution >= 4 is 5.82 Å². The maximum Gasteiger partial charge on any atom is 0.204 e. The molecule has 0 atom stereocenters. The molecule has 0 aliphatic carbocycles. The molecule has 3 N–H and O–H groups in total. The van der Waals surface area contributed by atoms with E-state index in [0.29, 0.717) is 11.6 Å². The molecule has 6 heteroatoms. The summed E-state index contributed by atoms with van der Waals surface area (Å²) in [4.78, 5) is 4.08. The van der Waals surface area contributed by atoms with Gasteiger partial charge in [-0.1, -0.05) is 18.2 Å². The Morgan fingerprint density at radius 3 is 2.61 bits per heavy atom. The van der Waals surface area contributed by atoms with Gasteiger partial charge in [0.1, 0.15) is 5.82 Å². The number of nitrogens with two attached hydrogens (primary N) is 1. The second-order valence-corrected chi connectivity index (χ2v) is 3.79. The molecule has 1 aromatic carbocycles. The standard InChI is InChI=1S/C12H10N6/c13-11-5-4-10(7-14-11)8-2-1-3-9(6-8)12-15-17-18-16-12/h1-7H,(H2,13,14)(H,15,16,17,18). The number of H-pyrrole nitrogens is 1. The van der Waals surface area contributed by atoms with Crippen LogP contribution in [0.2, 0.25) is 0 Å². The van der Waals surface area contributed by atoms with Gasteiger partial charge in [-0.15, -0.1) is 10.2 Å². The second-order valence-electron chi connectivity index (χ2n) is 3.79. The number of aromatic amines is 1. The fourth-order valence-electron chi connectivity index (χ4n) is 1.70. The molecule has 0 saturated carbocycles. The van der Waals surface area contributed by atoms with Crippen molar-refractivity contribution in [2.24, 2.45) is 0 Å². The van der Waals surface area contributed by atoms with Gasteiger partial charge in [-0.3, -0.25) is 0 Å². The number of nitrogens with zero attached hydrogens (tertiary/aromatic N) is 4. The molecule has 0 unspecified atom stereocenters. The summed E-state index contributed by atoms with van der Waals surface area (Å²) in [6.07, 6.45) is 1.74. The number of nitrogens with one attached hydrogen (secondary N) is 1. The topological polar surface area (TPSA) is 93.4 Å². The lowest BCUT2D eigenvalue weighted by Crippen LogP contribution is -1.89.